The Morgan fingerprint density at radius 2 is 2.22 bits per heavy atom. The molecule has 2 heterocycles. The van der Waals surface area contributed by atoms with Gasteiger partial charge in [-0.05, 0) is 12.8 Å². The number of carbonyl (C=O) groups is 2. The van der Waals surface area contributed by atoms with Crippen LogP contribution in [0.3, 0.4) is 0 Å². The van der Waals surface area contributed by atoms with Gasteiger partial charge in [0.05, 0.1) is 17.7 Å². The minimum Gasteiger partial charge on any atom is -0.481 e. The fraction of sp³-hybridized carbons (Fsp3) is 0.583. The summed E-state index contributed by atoms with van der Waals surface area (Å²) in [6, 6.07) is 0. The summed E-state index contributed by atoms with van der Waals surface area (Å²) in [5, 5.41) is 13.1. The molecule has 0 aromatic carbocycles. The first-order valence-electron chi connectivity index (χ1n) is 6.07. The highest BCUT2D eigenvalue weighted by Gasteiger charge is 2.37. The minimum absolute atomic E-state index is 0.00679. The fourth-order valence-corrected chi connectivity index (χ4v) is 2.28. The number of amides is 1. The van der Waals surface area contributed by atoms with E-state index in [-0.39, 0.29) is 18.4 Å². The number of hydrogen-bond donors (Lipinski definition) is 1. The molecule has 0 spiro atoms. The van der Waals surface area contributed by atoms with Gasteiger partial charge in [0.2, 0.25) is 0 Å². The molecule has 18 heavy (non-hydrogen) atoms. The normalized spacial score (nSPS) is 23.3. The summed E-state index contributed by atoms with van der Waals surface area (Å²) in [5.74, 6) is -1.44. The van der Waals surface area contributed by atoms with Gasteiger partial charge in [0, 0.05) is 25.8 Å². The van der Waals surface area contributed by atoms with Crippen molar-refractivity contribution in [3.8, 4) is 0 Å². The van der Waals surface area contributed by atoms with E-state index < -0.39 is 11.9 Å². The van der Waals surface area contributed by atoms with E-state index in [1.807, 2.05) is 13.8 Å². The highest BCUT2D eigenvalue weighted by Crippen LogP contribution is 2.24. The molecule has 2 atom stereocenters. The van der Waals surface area contributed by atoms with Gasteiger partial charge in [0.25, 0.3) is 5.91 Å². The van der Waals surface area contributed by atoms with Crippen LogP contribution in [0.5, 0.6) is 0 Å². The molecular weight excluding hydrogens is 234 g/mol. The largest absolute Gasteiger partial charge is 0.481 e. The molecule has 1 saturated heterocycles. The van der Waals surface area contributed by atoms with Crippen molar-refractivity contribution < 1.29 is 14.7 Å². The molecule has 0 radical (unpaired) electrons. The number of hydrogen-bond acceptors (Lipinski definition) is 3. The molecule has 1 fully saturated rings. The third-order valence-corrected chi connectivity index (χ3v) is 3.42. The second-order valence-electron chi connectivity index (χ2n) is 4.72. The van der Waals surface area contributed by atoms with Crippen molar-refractivity contribution in [1.29, 1.82) is 0 Å². The van der Waals surface area contributed by atoms with Gasteiger partial charge < -0.3 is 10.0 Å². The first-order valence-corrected chi connectivity index (χ1v) is 6.07. The van der Waals surface area contributed by atoms with Crippen molar-refractivity contribution in [3.05, 3.63) is 18.0 Å². The quantitative estimate of drug-likeness (QED) is 0.857. The lowest BCUT2D eigenvalue weighted by atomic mass is 9.99. The lowest BCUT2D eigenvalue weighted by molar-refractivity contribution is -0.142. The number of carboxylic acids is 1. The fourth-order valence-electron chi connectivity index (χ4n) is 2.28. The topological polar surface area (TPSA) is 75.4 Å². The van der Waals surface area contributed by atoms with E-state index in [9.17, 15) is 9.59 Å². The molecule has 0 aliphatic carbocycles. The highest BCUT2D eigenvalue weighted by atomic mass is 16.4. The van der Waals surface area contributed by atoms with Crippen molar-refractivity contribution in [2.45, 2.75) is 20.4 Å². The highest BCUT2D eigenvalue weighted by molar-refractivity contribution is 5.94. The first kappa shape index (κ1) is 12.6. The molecular formula is C12H17N3O3. The maximum absolute atomic E-state index is 12.2. The molecule has 0 unspecified atom stereocenters. The molecule has 1 aliphatic heterocycles. The van der Waals surface area contributed by atoms with Gasteiger partial charge in [-0.15, -0.1) is 0 Å². The zero-order valence-corrected chi connectivity index (χ0v) is 10.5. The number of nitrogens with zero attached hydrogens (tertiary/aromatic N) is 3. The van der Waals surface area contributed by atoms with Crippen LogP contribution in [-0.2, 0) is 11.3 Å². The van der Waals surface area contributed by atoms with E-state index in [0.29, 0.717) is 18.7 Å². The minimum atomic E-state index is -0.831. The summed E-state index contributed by atoms with van der Waals surface area (Å²) in [5.41, 5.74) is 0.523. The Kier molecular flexibility index (Phi) is 3.36. The van der Waals surface area contributed by atoms with Gasteiger partial charge >= 0.3 is 5.97 Å². The van der Waals surface area contributed by atoms with Crippen LogP contribution in [0.1, 0.15) is 24.2 Å². The third kappa shape index (κ3) is 2.23. The zero-order valence-electron chi connectivity index (χ0n) is 10.5. The van der Waals surface area contributed by atoms with E-state index in [1.165, 1.54) is 6.20 Å². The number of aliphatic carboxylic acids is 1. The van der Waals surface area contributed by atoms with Gasteiger partial charge in [-0.1, -0.05) is 6.92 Å². The Hall–Kier alpha value is -1.85. The van der Waals surface area contributed by atoms with Crippen LogP contribution in [0.15, 0.2) is 12.4 Å². The first-order chi connectivity index (χ1) is 8.52. The molecule has 6 nitrogen and oxygen atoms in total. The van der Waals surface area contributed by atoms with E-state index in [4.69, 9.17) is 5.11 Å². The van der Waals surface area contributed by atoms with Crippen LogP contribution >= 0.6 is 0 Å². The Morgan fingerprint density at radius 1 is 1.50 bits per heavy atom. The molecule has 1 N–H and O–H groups in total. The molecule has 6 heteroatoms. The van der Waals surface area contributed by atoms with Gasteiger partial charge in [-0.25, -0.2) is 0 Å². The smallest absolute Gasteiger partial charge is 0.308 e. The van der Waals surface area contributed by atoms with Crippen LogP contribution in [0.25, 0.3) is 0 Å². The average molecular weight is 251 g/mol. The number of likely N-dealkylation sites (tertiary alicyclic amines) is 1. The summed E-state index contributed by atoms with van der Waals surface area (Å²) >= 11 is 0. The Bertz CT molecular complexity index is 469. The number of carbonyl (C=O) groups excluding carboxylic acids is 1. The molecule has 98 valence electrons. The van der Waals surface area contributed by atoms with Gasteiger partial charge in [0.15, 0.2) is 0 Å². The third-order valence-electron chi connectivity index (χ3n) is 3.42. The summed E-state index contributed by atoms with van der Waals surface area (Å²) in [7, 11) is 0. The molecule has 1 aliphatic rings. The Labute approximate surface area is 105 Å². The second-order valence-corrected chi connectivity index (χ2v) is 4.72. The van der Waals surface area contributed by atoms with Crippen molar-refractivity contribution in [3.63, 3.8) is 0 Å². The maximum Gasteiger partial charge on any atom is 0.308 e. The maximum atomic E-state index is 12.2. The zero-order chi connectivity index (χ0) is 13.3. The number of carboxylic acid groups (broad SMARTS) is 1. The van der Waals surface area contributed by atoms with Gasteiger partial charge in [0.1, 0.15) is 0 Å². The summed E-state index contributed by atoms with van der Waals surface area (Å²) in [4.78, 5) is 24.8. The molecule has 0 saturated carbocycles. The van der Waals surface area contributed by atoms with Gasteiger partial charge in [-0.3, -0.25) is 14.3 Å². The summed E-state index contributed by atoms with van der Waals surface area (Å²) in [6.45, 7) is 5.29. The van der Waals surface area contributed by atoms with Crippen molar-refractivity contribution >= 4 is 11.9 Å². The summed E-state index contributed by atoms with van der Waals surface area (Å²) < 4.78 is 1.68. The molecule has 1 amide bonds. The second kappa shape index (κ2) is 4.80. The summed E-state index contributed by atoms with van der Waals surface area (Å²) in [6.07, 6.45) is 3.23. The SMILES string of the molecule is CCn1cc(C(=O)N2C[C@@H](C)[C@H](C(=O)O)C2)cn1. The van der Waals surface area contributed by atoms with Crippen LogP contribution in [0, 0.1) is 11.8 Å². The van der Waals surface area contributed by atoms with Crippen LogP contribution in [0.2, 0.25) is 0 Å². The number of aryl methyl sites for hydroxylation is 1. The van der Waals surface area contributed by atoms with Crippen LogP contribution < -0.4 is 0 Å². The van der Waals surface area contributed by atoms with E-state index in [2.05, 4.69) is 5.10 Å². The van der Waals surface area contributed by atoms with Gasteiger partial charge in [-0.2, -0.15) is 5.10 Å². The lowest BCUT2D eigenvalue weighted by Crippen LogP contribution is -2.29. The molecule has 0 bridgehead atoms. The van der Waals surface area contributed by atoms with E-state index in [0.717, 1.165) is 0 Å². The number of aromatic nitrogens is 2. The van der Waals surface area contributed by atoms with E-state index in [1.54, 1.807) is 15.8 Å². The number of rotatable bonds is 3. The van der Waals surface area contributed by atoms with E-state index >= 15 is 0 Å². The standard InChI is InChI=1S/C12H17N3O3/c1-3-15-6-9(4-13-15)11(16)14-5-8(2)10(7-14)12(17)18/h4,6,8,10H,3,5,7H2,1-2H3,(H,17,18)/t8-,10-/m1/s1. The van der Waals surface area contributed by atoms with Crippen LogP contribution in [0.4, 0.5) is 0 Å². The predicted molar refractivity (Wildman–Crippen MR) is 64.1 cm³/mol. The predicted octanol–water partition coefficient (Wildman–Crippen LogP) is 0.696. The molecule has 2 rings (SSSR count). The van der Waals surface area contributed by atoms with Crippen LogP contribution in [-0.4, -0.2) is 44.8 Å². The van der Waals surface area contributed by atoms with Crippen molar-refractivity contribution in [2.24, 2.45) is 11.8 Å². The lowest BCUT2D eigenvalue weighted by Gasteiger charge is -2.14. The molecule has 1 aromatic heterocycles. The average Bonchev–Trinajstić information content (AvgIpc) is 2.94. The van der Waals surface area contributed by atoms with Crippen molar-refractivity contribution in [1.82, 2.24) is 14.7 Å². The van der Waals surface area contributed by atoms with Crippen molar-refractivity contribution in [2.75, 3.05) is 13.1 Å². The Morgan fingerprint density at radius 3 is 2.72 bits per heavy atom. The monoisotopic (exact) mass is 251 g/mol. The molecule has 1 aromatic rings. The Balaban J connectivity index is 2.09.